The molecule has 0 radical (unpaired) electrons. The van der Waals surface area contributed by atoms with Gasteiger partial charge in [0.25, 0.3) is 0 Å². The lowest BCUT2D eigenvalue weighted by molar-refractivity contribution is 0.178. The summed E-state index contributed by atoms with van der Waals surface area (Å²) in [6.45, 7) is 6.44. The van der Waals surface area contributed by atoms with Gasteiger partial charge >= 0.3 is 0 Å². The van der Waals surface area contributed by atoms with Crippen molar-refractivity contribution in [1.82, 2.24) is 14.6 Å². The Labute approximate surface area is 126 Å². The second-order valence-corrected chi connectivity index (χ2v) is 7.54. The quantitative estimate of drug-likeness (QED) is 0.789. The van der Waals surface area contributed by atoms with Crippen LogP contribution in [0.25, 0.3) is 0 Å². The monoisotopic (exact) mass is 315 g/mol. The van der Waals surface area contributed by atoms with E-state index in [0.29, 0.717) is 31.1 Å². The normalized spacial score (nSPS) is 22.8. The summed E-state index contributed by atoms with van der Waals surface area (Å²) in [6.07, 6.45) is 3.38. The molecular weight excluding hydrogens is 290 g/mol. The summed E-state index contributed by atoms with van der Waals surface area (Å²) in [7, 11) is -1.67. The Morgan fingerprint density at radius 2 is 2.24 bits per heavy atom. The predicted octanol–water partition coefficient (Wildman–Crippen LogP) is 1.07. The van der Waals surface area contributed by atoms with Crippen molar-refractivity contribution < 1.29 is 13.2 Å². The summed E-state index contributed by atoms with van der Waals surface area (Å²) in [5.74, 6) is 0. The molecule has 1 aliphatic heterocycles. The number of ether oxygens (including phenoxy) is 1. The molecule has 2 rings (SSSR count). The van der Waals surface area contributed by atoms with Crippen molar-refractivity contribution in [3.8, 4) is 0 Å². The first-order valence-corrected chi connectivity index (χ1v) is 8.84. The van der Waals surface area contributed by atoms with Crippen molar-refractivity contribution in [2.75, 3.05) is 20.3 Å². The van der Waals surface area contributed by atoms with Gasteiger partial charge in [-0.25, -0.2) is 13.1 Å². The highest BCUT2D eigenvalue weighted by Gasteiger charge is 2.35. The smallest absolute Gasteiger partial charge is 0.242 e. The molecule has 1 aromatic heterocycles. The Bertz CT molecular complexity index is 551. The van der Waals surface area contributed by atoms with Crippen LogP contribution in [0.15, 0.2) is 17.2 Å². The van der Waals surface area contributed by atoms with Gasteiger partial charge in [-0.15, -0.1) is 0 Å². The molecule has 0 aromatic carbocycles. The minimum absolute atomic E-state index is 0.328. The summed E-state index contributed by atoms with van der Waals surface area (Å²) >= 11 is 0. The minimum Gasteiger partial charge on any atom is -0.379 e. The summed E-state index contributed by atoms with van der Waals surface area (Å²) < 4.78 is 35.2. The average Bonchev–Trinajstić information content (AvgIpc) is 2.98. The molecule has 1 aliphatic rings. The Hall–Kier alpha value is -0.890. The third-order valence-corrected chi connectivity index (χ3v) is 5.30. The summed E-state index contributed by atoms with van der Waals surface area (Å²) in [5.41, 5.74) is 0.474. The fourth-order valence-electron chi connectivity index (χ4n) is 2.58. The topological polar surface area (TPSA) is 72.4 Å². The van der Waals surface area contributed by atoms with Gasteiger partial charge in [-0.2, -0.15) is 0 Å². The molecule has 1 saturated heterocycles. The van der Waals surface area contributed by atoms with Crippen LogP contribution in [0.5, 0.6) is 0 Å². The minimum atomic E-state index is -3.52. The Morgan fingerprint density at radius 3 is 2.81 bits per heavy atom. The number of rotatable bonds is 7. The lowest BCUT2D eigenvalue weighted by Crippen LogP contribution is -2.46. The zero-order valence-electron chi connectivity index (χ0n) is 13.0. The van der Waals surface area contributed by atoms with Crippen LogP contribution >= 0.6 is 0 Å². The SMILES string of the molecule is CCCn1cc(S(=O)(=O)NC2(C)CCOC2)cc1CNC. The lowest BCUT2D eigenvalue weighted by atomic mass is 10.0. The number of nitrogens with zero attached hydrogens (tertiary/aromatic N) is 1. The molecule has 120 valence electrons. The largest absolute Gasteiger partial charge is 0.379 e. The Kier molecular flexibility index (Phi) is 5.08. The van der Waals surface area contributed by atoms with E-state index in [9.17, 15) is 8.42 Å². The van der Waals surface area contributed by atoms with Crippen LogP contribution in [-0.4, -0.2) is 38.8 Å². The van der Waals surface area contributed by atoms with Crippen LogP contribution in [0.1, 0.15) is 32.4 Å². The van der Waals surface area contributed by atoms with Crippen molar-refractivity contribution in [3.63, 3.8) is 0 Å². The first kappa shape index (κ1) is 16.5. The van der Waals surface area contributed by atoms with Crippen LogP contribution in [0.4, 0.5) is 0 Å². The van der Waals surface area contributed by atoms with Crippen LogP contribution in [0, 0.1) is 0 Å². The molecule has 1 aromatic rings. The van der Waals surface area contributed by atoms with Gasteiger partial charge in [0.05, 0.1) is 17.0 Å². The van der Waals surface area contributed by atoms with Gasteiger partial charge in [0.15, 0.2) is 0 Å². The zero-order valence-corrected chi connectivity index (χ0v) is 13.8. The second-order valence-electron chi connectivity index (χ2n) is 5.86. The number of hydrogen-bond acceptors (Lipinski definition) is 4. The van der Waals surface area contributed by atoms with E-state index in [1.807, 2.05) is 18.5 Å². The predicted molar refractivity (Wildman–Crippen MR) is 81.6 cm³/mol. The van der Waals surface area contributed by atoms with Gasteiger partial charge in [0, 0.05) is 31.6 Å². The number of aromatic nitrogens is 1. The number of hydrogen-bond donors (Lipinski definition) is 2. The molecule has 1 fully saturated rings. The number of aryl methyl sites for hydroxylation is 1. The van der Waals surface area contributed by atoms with Gasteiger partial charge in [0.2, 0.25) is 10.0 Å². The van der Waals surface area contributed by atoms with Crippen molar-refractivity contribution in [2.24, 2.45) is 0 Å². The molecule has 0 bridgehead atoms. The number of sulfonamides is 1. The molecule has 2 N–H and O–H groups in total. The molecular formula is C14H25N3O3S. The maximum Gasteiger partial charge on any atom is 0.242 e. The molecule has 21 heavy (non-hydrogen) atoms. The summed E-state index contributed by atoms with van der Waals surface area (Å²) in [5, 5.41) is 3.07. The average molecular weight is 315 g/mol. The fourth-order valence-corrected chi connectivity index (χ4v) is 4.07. The van der Waals surface area contributed by atoms with E-state index in [1.54, 1.807) is 12.3 Å². The van der Waals surface area contributed by atoms with Crippen molar-refractivity contribution >= 4 is 10.0 Å². The molecule has 0 spiro atoms. The maximum atomic E-state index is 12.6. The molecule has 7 heteroatoms. The van der Waals surface area contributed by atoms with E-state index >= 15 is 0 Å². The van der Waals surface area contributed by atoms with E-state index < -0.39 is 15.6 Å². The van der Waals surface area contributed by atoms with E-state index in [0.717, 1.165) is 18.7 Å². The standard InChI is InChI=1S/C14H25N3O3S/c1-4-6-17-10-13(8-12(17)9-15-3)21(18,19)16-14(2)5-7-20-11-14/h8,10,15-16H,4-7,9,11H2,1-3H3. The van der Waals surface area contributed by atoms with Gasteiger partial charge in [-0.3, -0.25) is 0 Å². The first-order chi connectivity index (χ1) is 9.90. The van der Waals surface area contributed by atoms with Gasteiger partial charge in [-0.05, 0) is 32.9 Å². The Balaban J connectivity index is 2.24. The highest BCUT2D eigenvalue weighted by molar-refractivity contribution is 7.89. The van der Waals surface area contributed by atoms with Crippen LogP contribution in [0.2, 0.25) is 0 Å². The van der Waals surface area contributed by atoms with Crippen LogP contribution in [0.3, 0.4) is 0 Å². The van der Waals surface area contributed by atoms with Gasteiger partial charge in [0.1, 0.15) is 0 Å². The molecule has 1 atom stereocenters. The molecule has 0 aliphatic carbocycles. The maximum absolute atomic E-state index is 12.6. The molecule has 1 unspecified atom stereocenters. The van der Waals surface area contributed by atoms with Crippen LogP contribution in [-0.2, 0) is 27.8 Å². The van der Waals surface area contributed by atoms with Crippen LogP contribution < -0.4 is 10.0 Å². The van der Waals surface area contributed by atoms with E-state index in [2.05, 4.69) is 17.0 Å². The third kappa shape index (κ3) is 3.85. The van der Waals surface area contributed by atoms with E-state index in [4.69, 9.17) is 4.74 Å². The van der Waals surface area contributed by atoms with Gasteiger partial charge in [-0.1, -0.05) is 6.92 Å². The first-order valence-electron chi connectivity index (χ1n) is 7.35. The summed E-state index contributed by atoms with van der Waals surface area (Å²) in [6, 6.07) is 1.74. The van der Waals surface area contributed by atoms with Gasteiger partial charge < -0.3 is 14.6 Å². The third-order valence-electron chi connectivity index (χ3n) is 3.69. The Morgan fingerprint density at radius 1 is 1.48 bits per heavy atom. The zero-order chi connectivity index (χ0) is 15.5. The molecule has 6 nitrogen and oxygen atoms in total. The summed E-state index contributed by atoms with van der Waals surface area (Å²) in [4.78, 5) is 0.328. The van der Waals surface area contributed by atoms with Crippen molar-refractivity contribution in [1.29, 1.82) is 0 Å². The molecule has 2 heterocycles. The lowest BCUT2D eigenvalue weighted by Gasteiger charge is -2.22. The van der Waals surface area contributed by atoms with E-state index in [1.165, 1.54) is 0 Å². The van der Waals surface area contributed by atoms with Crippen molar-refractivity contribution in [2.45, 2.75) is 50.2 Å². The van der Waals surface area contributed by atoms with Crippen molar-refractivity contribution in [3.05, 3.63) is 18.0 Å². The fraction of sp³-hybridized carbons (Fsp3) is 0.714. The highest BCUT2D eigenvalue weighted by atomic mass is 32.2. The molecule has 0 saturated carbocycles. The molecule has 0 amide bonds. The highest BCUT2D eigenvalue weighted by Crippen LogP contribution is 2.22. The number of nitrogens with one attached hydrogen (secondary N) is 2. The van der Waals surface area contributed by atoms with E-state index in [-0.39, 0.29) is 0 Å². The second kappa shape index (κ2) is 6.48.